The molecule has 3 aromatic rings. The van der Waals surface area contributed by atoms with Crippen LogP contribution in [0, 0.1) is 11.8 Å². The third-order valence-electron chi connectivity index (χ3n) is 6.93. The van der Waals surface area contributed by atoms with Crippen LogP contribution in [0.15, 0.2) is 59.6 Å². The second-order valence-electron chi connectivity index (χ2n) is 9.41. The maximum Gasteiger partial charge on any atom is 0.573 e. The molecule has 0 aliphatic carbocycles. The van der Waals surface area contributed by atoms with E-state index in [0.29, 0.717) is 23.7 Å². The van der Waals surface area contributed by atoms with E-state index in [9.17, 15) is 23.1 Å². The van der Waals surface area contributed by atoms with E-state index < -0.39 is 18.2 Å². The Hall–Kier alpha value is -2.98. The molecule has 0 bridgehead atoms. The number of thioether (sulfide) groups is 1. The monoisotopic (exact) mass is 548 g/mol. The number of ether oxygens (including phenoxy) is 2. The number of hydrogen-bond donors (Lipinski definition) is 1. The molecule has 1 N–H and O–H groups in total. The maximum absolute atomic E-state index is 12.5. The van der Waals surface area contributed by atoms with Crippen LogP contribution in [-0.2, 0) is 11.2 Å². The predicted octanol–water partition coefficient (Wildman–Crippen LogP) is 6.28. The number of rotatable bonds is 11. The topological polar surface area (TPSA) is 71.9 Å². The summed E-state index contributed by atoms with van der Waals surface area (Å²) in [6, 6.07) is 13.8. The zero-order valence-electron chi connectivity index (χ0n) is 21.1. The van der Waals surface area contributed by atoms with Crippen molar-refractivity contribution in [2.75, 3.05) is 32.5 Å². The Morgan fingerprint density at radius 2 is 2.03 bits per heavy atom. The zero-order valence-corrected chi connectivity index (χ0v) is 21.9. The minimum atomic E-state index is -4.72. The van der Waals surface area contributed by atoms with Crippen LogP contribution in [0.5, 0.6) is 11.5 Å². The molecule has 1 fully saturated rings. The van der Waals surface area contributed by atoms with E-state index in [1.807, 2.05) is 24.3 Å². The number of fused-ring (bicyclic) bond motifs is 1. The molecular weight excluding hydrogens is 517 g/mol. The van der Waals surface area contributed by atoms with Crippen molar-refractivity contribution in [2.45, 2.75) is 36.9 Å². The van der Waals surface area contributed by atoms with E-state index in [4.69, 9.17) is 4.74 Å². The van der Waals surface area contributed by atoms with Crippen LogP contribution in [-0.4, -0.2) is 59.8 Å². The Kier molecular flexibility index (Phi) is 9.38. The molecular formula is C28H31F3N2O4S. The van der Waals surface area contributed by atoms with Crippen LogP contribution in [0.1, 0.15) is 24.8 Å². The van der Waals surface area contributed by atoms with Crippen molar-refractivity contribution >= 4 is 28.6 Å². The second kappa shape index (κ2) is 12.7. The highest BCUT2D eigenvalue weighted by Gasteiger charge is 2.34. The molecule has 0 spiro atoms. The number of pyridine rings is 1. The molecule has 1 aliphatic rings. The van der Waals surface area contributed by atoms with E-state index in [1.54, 1.807) is 19.4 Å². The Morgan fingerprint density at radius 3 is 2.79 bits per heavy atom. The number of methoxy groups -OCH3 is 1. The van der Waals surface area contributed by atoms with Crippen molar-refractivity contribution in [1.82, 2.24) is 9.88 Å². The molecule has 0 saturated carbocycles. The summed E-state index contributed by atoms with van der Waals surface area (Å²) >= 11 is 1.43. The number of likely N-dealkylation sites (tertiary alicyclic amines) is 1. The fraction of sp³-hybridized carbons (Fsp3) is 0.429. The number of nitrogens with zero attached hydrogens (tertiary/aromatic N) is 2. The number of benzene rings is 2. The van der Waals surface area contributed by atoms with Gasteiger partial charge >= 0.3 is 12.3 Å². The lowest BCUT2D eigenvalue weighted by Crippen LogP contribution is -2.44. The molecule has 10 heteroatoms. The van der Waals surface area contributed by atoms with Crippen molar-refractivity contribution in [2.24, 2.45) is 11.8 Å². The number of piperidine rings is 1. The average molecular weight is 549 g/mol. The number of aliphatic carboxylic acids is 1. The Morgan fingerprint density at radius 1 is 1.18 bits per heavy atom. The average Bonchev–Trinajstić information content (AvgIpc) is 2.88. The highest BCUT2D eigenvalue weighted by atomic mass is 32.2. The van der Waals surface area contributed by atoms with Gasteiger partial charge in [-0.05, 0) is 86.2 Å². The number of aromatic nitrogens is 1. The maximum atomic E-state index is 12.5. The lowest BCUT2D eigenvalue weighted by atomic mass is 9.81. The van der Waals surface area contributed by atoms with Crippen molar-refractivity contribution in [3.8, 4) is 11.5 Å². The number of carboxylic acids is 1. The minimum absolute atomic E-state index is 0.107. The predicted molar refractivity (Wildman–Crippen MR) is 141 cm³/mol. The molecule has 204 valence electrons. The third-order valence-corrected chi connectivity index (χ3v) is 7.91. The van der Waals surface area contributed by atoms with Gasteiger partial charge in [0, 0.05) is 35.3 Å². The first-order valence-electron chi connectivity index (χ1n) is 12.6. The number of carboxylic acid groups (broad SMARTS) is 1. The number of halogens is 3. The van der Waals surface area contributed by atoms with Gasteiger partial charge < -0.3 is 19.5 Å². The molecule has 2 aromatic carbocycles. The van der Waals surface area contributed by atoms with Gasteiger partial charge in [-0.15, -0.1) is 24.9 Å². The van der Waals surface area contributed by atoms with Crippen molar-refractivity contribution in [3.63, 3.8) is 0 Å². The quantitative estimate of drug-likeness (QED) is 0.283. The van der Waals surface area contributed by atoms with Crippen molar-refractivity contribution < 1.29 is 32.5 Å². The normalized spacial score (nSPS) is 18.4. The van der Waals surface area contributed by atoms with Crippen LogP contribution in [0.4, 0.5) is 13.2 Å². The first-order chi connectivity index (χ1) is 18.2. The molecule has 1 aromatic heterocycles. The molecule has 0 amide bonds. The van der Waals surface area contributed by atoms with E-state index >= 15 is 0 Å². The molecule has 6 nitrogen and oxygen atoms in total. The molecule has 0 radical (unpaired) electrons. The molecule has 4 rings (SSSR count). The first-order valence-corrected chi connectivity index (χ1v) is 13.6. The van der Waals surface area contributed by atoms with Gasteiger partial charge in [0.05, 0.1) is 18.5 Å². The van der Waals surface area contributed by atoms with Crippen molar-refractivity contribution in [3.05, 3.63) is 60.3 Å². The summed E-state index contributed by atoms with van der Waals surface area (Å²) in [6.45, 7) is 1.95. The number of carbonyl (C=O) groups is 1. The fourth-order valence-corrected chi connectivity index (χ4v) is 5.99. The molecule has 2 atom stereocenters. The van der Waals surface area contributed by atoms with Gasteiger partial charge in [-0.1, -0.05) is 6.07 Å². The number of alkyl halides is 3. The van der Waals surface area contributed by atoms with Gasteiger partial charge in [-0.2, -0.15) is 0 Å². The largest absolute Gasteiger partial charge is 0.573 e. The Bertz CT molecular complexity index is 1240. The minimum Gasteiger partial charge on any atom is -0.497 e. The van der Waals surface area contributed by atoms with E-state index in [1.165, 1.54) is 35.5 Å². The van der Waals surface area contributed by atoms with Gasteiger partial charge in [0.2, 0.25) is 0 Å². The fourth-order valence-electron chi connectivity index (χ4n) is 5.03. The van der Waals surface area contributed by atoms with Gasteiger partial charge in [-0.3, -0.25) is 9.78 Å². The molecule has 0 unspecified atom stereocenters. The number of hydrogen-bond acceptors (Lipinski definition) is 6. The van der Waals surface area contributed by atoms with E-state index in [-0.39, 0.29) is 11.7 Å². The molecule has 38 heavy (non-hydrogen) atoms. The van der Waals surface area contributed by atoms with Crippen LogP contribution in [0.3, 0.4) is 0 Å². The van der Waals surface area contributed by atoms with Gasteiger partial charge in [0.1, 0.15) is 11.5 Å². The molecule has 1 aliphatic heterocycles. The molecule has 1 saturated heterocycles. The summed E-state index contributed by atoms with van der Waals surface area (Å²) in [6.07, 6.45) is 0.448. The summed E-state index contributed by atoms with van der Waals surface area (Å²) in [7, 11) is 1.64. The first kappa shape index (κ1) is 28.0. The van der Waals surface area contributed by atoms with Crippen LogP contribution < -0.4 is 9.47 Å². The highest BCUT2D eigenvalue weighted by Crippen LogP contribution is 2.31. The van der Waals surface area contributed by atoms with Crippen LogP contribution in [0.2, 0.25) is 0 Å². The smallest absolute Gasteiger partial charge is 0.497 e. The van der Waals surface area contributed by atoms with E-state index in [0.717, 1.165) is 48.9 Å². The summed E-state index contributed by atoms with van der Waals surface area (Å²) in [5.74, 6) is 0.0781. The lowest BCUT2D eigenvalue weighted by molar-refractivity contribution is -0.274. The highest BCUT2D eigenvalue weighted by molar-refractivity contribution is 7.99. The van der Waals surface area contributed by atoms with E-state index in [2.05, 4.69) is 14.6 Å². The summed E-state index contributed by atoms with van der Waals surface area (Å²) < 4.78 is 46.7. The Labute approximate surface area is 224 Å². The zero-order chi connectivity index (χ0) is 27.1. The van der Waals surface area contributed by atoms with Gasteiger partial charge in [0.15, 0.2) is 0 Å². The molecule has 2 heterocycles. The van der Waals surface area contributed by atoms with Crippen LogP contribution in [0.25, 0.3) is 10.9 Å². The second-order valence-corrected chi connectivity index (χ2v) is 10.6. The van der Waals surface area contributed by atoms with Gasteiger partial charge in [0.25, 0.3) is 0 Å². The number of aryl methyl sites for hydroxylation is 1. The Balaban J connectivity index is 1.27. The van der Waals surface area contributed by atoms with Crippen LogP contribution >= 0.6 is 11.8 Å². The standard InChI is InChI=1S/C28H31F3N2O4S/c1-36-21-8-9-26-24(17-21)19(10-12-32-26)4-2-5-20-11-13-33(18-25(20)27(34)35)14-15-38-23-7-3-6-22(16-23)37-28(29,30)31/h3,6-10,12,16-17,20,25H,2,4-5,11,13-15,18H2,1H3,(H,34,35)/t20-,25+/m1/s1. The SMILES string of the molecule is COc1ccc2nccc(CCC[C@@H]3CCN(CCSc4cccc(OC(F)(F)F)c4)C[C@@H]3C(=O)O)c2c1. The lowest BCUT2D eigenvalue weighted by Gasteiger charge is -2.36. The third kappa shape index (κ3) is 7.77. The summed E-state index contributed by atoms with van der Waals surface area (Å²) in [5.41, 5.74) is 2.09. The summed E-state index contributed by atoms with van der Waals surface area (Å²) in [5, 5.41) is 11.0. The summed E-state index contributed by atoms with van der Waals surface area (Å²) in [4.78, 5) is 19.3. The van der Waals surface area contributed by atoms with Crippen molar-refractivity contribution in [1.29, 1.82) is 0 Å². The van der Waals surface area contributed by atoms with Gasteiger partial charge in [-0.25, -0.2) is 0 Å².